The molecule has 0 aliphatic heterocycles. The third-order valence-corrected chi connectivity index (χ3v) is 10.2. The van der Waals surface area contributed by atoms with Crippen molar-refractivity contribution < 1.29 is 22.4 Å². The van der Waals surface area contributed by atoms with E-state index < -0.39 is 11.7 Å². The molecule has 1 amide bonds. The summed E-state index contributed by atoms with van der Waals surface area (Å²) in [5.41, 5.74) is 3.86. The molecule has 1 atom stereocenters. The molecular formula is C39H43F4N3O2S. The molecule has 1 aliphatic carbocycles. The lowest BCUT2D eigenvalue weighted by atomic mass is 9.92. The van der Waals surface area contributed by atoms with E-state index in [2.05, 4.69) is 25.8 Å². The Morgan fingerprint density at radius 3 is 2.18 bits per heavy atom. The normalized spacial score (nSPS) is 13.5. The molecule has 5 rings (SSSR count). The van der Waals surface area contributed by atoms with E-state index in [1.54, 1.807) is 12.1 Å². The monoisotopic (exact) mass is 693 g/mol. The van der Waals surface area contributed by atoms with Crippen molar-refractivity contribution in [1.82, 2.24) is 14.5 Å². The van der Waals surface area contributed by atoms with Crippen LogP contribution >= 0.6 is 11.8 Å². The van der Waals surface area contributed by atoms with Gasteiger partial charge in [-0.3, -0.25) is 9.59 Å². The highest BCUT2D eigenvalue weighted by atomic mass is 32.2. The topological polar surface area (TPSA) is 55.2 Å². The Morgan fingerprint density at radius 2 is 1.57 bits per heavy atom. The number of benzene rings is 3. The van der Waals surface area contributed by atoms with Crippen molar-refractivity contribution in [2.75, 3.05) is 6.54 Å². The number of thioether (sulfide) groups is 1. The van der Waals surface area contributed by atoms with Crippen molar-refractivity contribution in [2.24, 2.45) is 11.8 Å². The number of aromatic nitrogens is 2. The van der Waals surface area contributed by atoms with Gasteiger partial charge in [-0.05, 0) is 90.5 Å². The van der Waals surface area contributed by atoms with Gasteiger partial charge in [0.2, 0.25) is 5.91 Å². The second-order valence-electron chi connectivity index (χ2n) is 13.3. The molecular weight excluding hydrogens is 651 g/mol. The average Bonchev–Trinajstić information content (AvgIpc) is 3.58. The molecule has 1 aromatic heterocycles. The first-order valence-corrected chi connectivity index (χ1v) is 17.9. The summed E-state index contributed by atoms with van der Waals surface area (Å²) in [7, 11) is 0. The Hall–Kier alpha value is -3.92. The molecule has 1 aliphatic rings. The quantitative estimate of drug-likeness (QED) is 0.0751. The van der Waals surface area contributed by atoms with Crippen LogP contribution in [-0.2, 0) is 42.7 Å². The fourth-order valence-electron chi connectivity index (χ4n) is 6.48. The molecule has 0 spiro atoms. The van der Waals surface area contributed by atoms with Crippen molar-refractivity contribution in [1.29, 1.82) is 0 Å². The van der Waals surface area contributed by atoms with E-state index in [9.17, 15) is 27.2 Å². The lowest BCUT2D eigenvalue weighted by Gasteiger charge is -2.27. The summed E-state index contributed by atoms with van der Waals surface area (Å²) in [6.07, 6.45) is 0.720. The molecule has 10 heteroatoms. The summed E-state index contributed by atoms with van der Waals surface area (Å²) in [6.45, 7) is 7.58. The van der Waals surface area contributed by atoms with Crippen LogP contribution in [0.25, 0.3) is 11.1 Å². The molecule has 0 radical (unpaired) electrons. The molecule has 0 saturated heterocycles. The Bertz CT molecular complexity index is 1770. The van der Waals surface area contributed by atoms with Gasteiger partial charge in [-0.2, -0.15) is 18.2 Å². The van der Waals surface area contributed by atoms with Crippen LogP contribution in [-0.4, -0.2) is 26.9 Å². The Labute approximate surface area is 289 Å². The minimum atomic E-state index is -4.39. The lowest BCUT2D eigenvalue weighted by molar-refractivity contribution is -0.137. The van der Waals surface area contributed by atoms with Gasteiger partial charge in [0.15, 0.2) is 5.16 Å². The van der Waals surface area contributed by atoms with Crippen molar-refractivity contribution in [2.45, 2.75) is 89.5 Å². The van der Waals surface area contributed by atoms with Crippen LogP contribution in [0.15, 0.2) is 82.7 Å². The summed E-state index contributed by atoms with van der Waals surface area (Å²) in [6, 6.07) is 18.9. The van der Waals surface area contributed by atoms with Gasteiger partial charge in [0.25, 0.3) is 5.56 Å². The summed E-state index contributed by atoms with van der Waals surface area (Å²) < 4.78 is 54.6. The molecule has 4 aromatic rings. The van der Waals surface area contributed by atoms with E-state index in [0.29, 0.717) is 59.8 Å². The number of rotatable bonds is 14. The lowest BCUT2D eigenvalue weighted by Crippen LogP contribution is -2.36. The fourth-order valence-corrected chi connectivity index (χ4v) is 7.45. The smallest absolute Gasteiger partial charge is 0.337 e. The third kappa shape index (κ3) is 9.62. The number of halogens is 4. The number of hydrogen-bond acceptors (Lipinski definition) is 4. The summed E-state index contributed by atoms with van der Waals surface area (Å²) in [5, 5.41) is 0.482. The van der Waals surface area contributed by atoms with Gasteiger partial charge in [0.1, 0.15) is 12.4 Å². The van der Waals surface area contributed by atoms with Crippen molar-refractivity contribution in [3.63, 3.8) is 0 Å². The largest absolute Gasteiger partial charge is 0.416 e. The highest BCUT2D eigenvalue weighted by Gasteiger charge is 2.30. The van der Waals surface area contributed by atoms with E-state index in [-0.39, 0.29) is 23.8 Å². The number of fused-ring (bicyclic) bond motifs is 1. The van der Waals surface area contributed by atoms with Gasteiger partial charge in [-0.15, -0.1) is 0 Å². The molecule has 3 aromatic carbocycles. The Balaban J connectivity index is 1.38. The Morgan fingerprint density at radius 1 is 0.939 bits per heavy atom. The number of alkyl halides is 3. The SMILES string of the molecule is CCC(CCN(Cc1ccc(-c2ccc(C(F)(F)F)cc2)cc1)C(=O)Cn1c(SCc2ccc(F)cc2)nc(=O)c2c1CCC2)CC(C)C. The van der Waals surface area contributed by atoms with Crippen molar-refractivity contribution in [3.8, 4) is 11.1 Å². The zero-order valence-corrected chi connectivity index (χ0v) is 29.0. The number of amides is 1. The van der Waals surface area contributed by atoms with E-state index in [4.69, 9.17) is 0 Å². The zero-order chi connectivity index (χ0) is 35.1. The molecule has 0 saturated carbocycles. The molecule has 5 nitrogen and oxygen atoms in total. The maximum atomic E-state index is 14.2. The molecule has 260 valence electrons. The first-order chi connectivity index (χ1) is 23.4. The predicted octanol–water partition coefficient (Wildman–Crippen LogP) is 9.34. The van der Waals surface area contributed by atoms with Gasteiger partial charge in [0.05, 0.1) is 5.56 Å². The maximum Gasteiger partial charge on any atom is 0.416 e. The highest BCUT2D eigenvalue weighted by Crippen LogP contribution is 2.32. The van der Waals surface area contributed by atoms with Gasteiger partial charge < -0.3 is 9.47 Å². The van der Waals surface area contributed by atoms with Crippen LogP contribution in [0.4, 0.5) is 17.6 Å². The predicted molar refractivity (Wildman–Crippen MR) is 187 cm³/mol. The fraction of sp³-hybridized carbons (Fsp3) is 0.410. The maximum absolute atomic E-state index is 14.2. The summed E-state index contributed by atoms with van der Waals surface area (Å²) in [5.74, 6) is 1.09. The first kappa shape index (κ1) is 36.4. The van der Waals surface area contributed by atoms with E-state index in [1.165, 1.54) is 36.0 Å². The number of hydrogen-bond donors (Lipinski definition) is 0. The van der Waals surface area contributed by atoms with Crippen LogP contribution in [0.1, 0.15) is 74.4 Å². The number of carbonyl (C=O) groups excluding carboxylic acids is 1. The van der Waals surface area contributed by atoms with E-state index in [0.717, 1.165) is 60.2 Å². The summed E-state index contributed by atoms with van der Waals surface area (Å²) in [4.78, 5) is 33.5. The molecule has 49 heavy (non-hydrogen) atoms. The van der Waals surface area contributed by atoms with Crippen LogP contribution in [0.3, 0.4) is 0 Å². The average molecular weight is 694 g/mol. The molecule has 1 heterocycles. The summed E-state index contributed by atoms with van der Waals surface area (Å²) >= 11 is 1.37. The molecule has 0 bridgehead atoms. The van der Waals surface area contributed by atoms with Gasteiger partial charge in [-0.1, -0.05) is 87.5 Å². The number of carbonyl (C=O) groups is 1. The highest BCUT2D eigenvalue weighted by molar-refractivity contribution is 7.98. The van der Waals surface area contributed by atoms with Crippen LogP contribution in [0.5, 0.6) is 0 Å². The van der Waals surface area contributed by atoms with E-state index in [1.807, 2.05) is 33.7 Å². The Kier molecular flexibility index (Phi) is 12.0. The number of nitrogens with zero attached hydrogens (tertiary/aromatic N) is 3. The standard InChI is InChI=1S/C39H43F4N3O2S/c1-4-27(22-26(2)3)20-21-45(23-28-8-12-30(13-9-28)31-14-16-32(17-15-31)39(41,42)43)36(47)24-46-35-7-5-6-34(35)37(48)44-38(46)49-25-29-10-18-33(40)19-11-29/h8-19,26-27H,4-7,20-25H2,1-3H3. The van der Waals surface area contributed by atoms with Crippen molar-refractivity contribution in [3.05, 3.63) is 117 Å². The van der Waals surface area contributed by atoms with Gasteiger partial charge in [-0.25, -0.2) is 4.39 Å². The minimum Gasteiger partial charge on any atom is -0.337 e. The van der Waals surface area contributed by atoms with E-state index >= 15 is 0 Å². The van der Waals surface area contributed by atoms with Crippen molar-refractivity contribution >= 4 is 17.7 Å². The second kappa shape index (κ2) is 16.2. The minimum absolute atomic E-state index is 0.0476. The van der Waals surface area contributed by atoms with Crippen LogP contribution in [0.2, 0.25) is 0 Å². The third-order valence-electron chi connectivity index (χ3n) is 9.19. The van der Waals surface area contributed by atoms with Crippen LogP contribution in [0, 0.1) is 17.7 Å². The second-order valence-corrected chi connectivity index (χ2v) is 14.2. The molecule has 0 N–H and O–H groups in total. The zero-order valence-electron chi connectivity index (χ0n) is 28.2. The van der Waals surface area contributed by atoms with Crippen LogP contribution < -0.4 is 5.56 Å². The van der Waals surface area contributed by atoms with Gasteiger partial charge in [0, 0.05) is 30.1 Å². The van der Waals surface area contributed by atoms with Gasteiger partial charge >= 0.3 is 6.18 Å². The molecule has 1 unspecified atom stereocenters. The first-order valence-electron chi connectivity index (χ1n) is 17.0. The molecule has 0 fully saturated rings.